The van der Waals surface area contributed by atoms with Crippen LogP contribution in [0.1, 0.15) is 20.3 Å². The Labute approximate surface area is 169 Å². The molecule has 0 bridgehead atoms. The predicted octanol–water partition coefficient (Wildman–Crippen LogP) is 0.675. The maximum absolute atomic E-state index is 12.3. The summed E-state index contributed by atoms with van der Waals surface area (Å²) >= 11 is 0. The minimum Gasteiger partial charge on any atom is -0.492 e. The first-order chi connectivity index (χ1) is 13.8. The van der Waals surface area contributed by atoms with E-state index in [9.17, 15) is 19.8 Å². The van der Waals surface area contributed by atoms with Crippen LogP contribution in [0.5, 0.6) is 11.8 Å². The molecular formula is C18H30N2O9. The SMILES string of the molecule is COCCOCCOCCOC(=O)N[C@@H](CC(C)C)C(=O)On1c(O)ccc1O. The maximum Gasteiger partial charge on any atom is 0.407 e. The highest BCUT2D eigenvalue weighted by molar-refractivity contribution is 5.81. The van der Waals surface area contributed by atoms with Crippen LogP contribution < -0.4 is 10.2 Å². The van der Waals surface area contributed by atoms with E-state index >= 15 is 0 Å². The minimum absolute atomic E-state index is 0.00741. The molecule has 0 aliphatic rings. The number of carbonyl (C=O) groups is 2. The van der Waals surface area contributed by atoms with E-state index in [2.05, 4.69) is 5.32 Å². The fourth-order valence-electron chi connectivity index (χ4n) is 2.18. The highest BCUT2D eigenvalue weighted by atomic mass is 16.7. The van der Waals surface area contributed by atoms with Gasteiger partial charge in [-0.1, -0.05) is 13.8 Å². The number of aromatic hydroxyl groups is 2. The molecule has 0 spiro atoms. The van der Waals surface area contributed by atoms with Crippen molar-refractivity contribution in [1.82, 2.24) is 10.0 Å². The normalized spacial score (nSPS) is 12.0. The van der Waals surface area contributed by atoms with Crippen molar-refractivity contribution in [1.29, 1.82) is 0 Å². The predicted molar refractivity (Wildman–Crippen MR) is 101 cm³/mol. The molecule has 11 heteroatoms. The summed E-state index contributed by atoms with van der Waals surface area (Å²) in [5.74, 6) is -1.71. The smallest absolute Gasteiger partial charge is 0.407 e. The Morgan fingerprint density at radius 2 is 1.55 bits per heavy atom. The second-order valence-corrected chi connectivity index (χ2v) is 6.43. The van der Waals surface area contributed by atoms with Gasteiger partial charge in [-0.3, -0.25) is 0 Å². The lowest BCUT2D eigenvalue weighted by molar-refractivity contribution is -0.148. The molecule has 0 saturated heterocycles. The summed E-state index contributed by atoms with van der Waals surface area (Å²) in [5, 5.41) is 21.5. The van der Waals surface area contributed by atoms with Crippen molar-refractivity contribution in [2.45, 2.75) is 26.3 Å². The Kier molecular flexibility index (Phi) is 11.5. The van der Waals surface area contributed by atoms with Crippen molar-refractivity contribution in [2.24, 2.45) is 5.92 Å². The summed E-state index contributed by atoms with van der Waals surface area (Å²) in [6.45, 7) is 5.62. The van der Waals surface area contributed by atoms with Gasteiger partial charge in [0, 0.05) is 19.2 Å². The van der Waals surface area contributed by atoms with Gasteiger partial charge in [-0.2, -0.15) is 0 Å². The van der Waals surface area contributed by atoms with Crippen LogP contribution in [0.2, 0.25) is 0 Å². The van der Waals surface area contributed by atoms with Crippen LogP contribution in [0, 0.1) is 5.92 Å². The number of nitrogens with one attached hydrogen (secondary N) is 1. The first kappa shape index (κ1) is 24.5. The van der Waals surface area contributed by atoms with Crippen LogP contribution in [0.3, 0.4) is 0 Å². The van der Waals surface area contributed by atoms with Crippen LogP contribution in [0.25, 0.3) is 0 Å². The van der Waals surface area contributed by atoms with Gasteiger partial charge in [0.05, 0.1) is 33.0 Å². The molecule has 3 N–H and O–H groups in total. The van der Waals surface area contributed by atoms with E-state index in [1.807, 2.05) is 13.8 Å². The van der Waals surface area contributed by atoms with Crippen molar-refractivity contribution in [3.05, 3.63) is 12.1 Å². The van der Waals surface area contributed by atoms with E-state index in [0.29, 0.717) is 31.2 Å². The van der Waals surface area contributed by atoms with Crippen molar-refractivity contribution < 1.29 is 43.6 Å². The number of hydrogen-bond acceptors (Lipinski definition) is 9. The van der Waals surface area contributed by atoms with Crippen molar-refractivity contribution in [3.63, 3.8) is 0 Å². The molecule has 0 aliphatic carbocycles. The third-order valence-electron chi connectivity index (χ3n) is 3.53. The fraction of sp³-hybridized carbons (Fsp3) is 0.667. The highest BCUT2D eigenvalue weighted by Gasteiger charge is 2.26. The molecule has 0 unspecified atom stereocenters. The Hall–Kier alpha value is -2.50. The van der Waals surface area contributed by atoms with E-state index in [-0.39, 0.29) is 25.6 Å². The molecule has 1 heterocycles. The molecular weight excluding hydrogens is 388 g/mol. The highest BCUT2D eigenvalue weighted by Crippen LogP contribution is 2.19. The monoisotopic (exact) mass is 418 g/mol. The summed E-state index contributed by atoms with van der Waals surface area (Å²) in [4.78, 5) is 29.2. The summed E-state index contributed by atoms with van der Waals surface area (Å²) in [6.07, 6.45) is -0.542. The molecule has 0 fully saturated rings. The third kappa shape index (κ3) is 10.0. The molecule has 0 aromatic carbocycles. The number of hydrogen-bond donors (Lipinski definition) is 3. The molecule has 29 heavy (non-hydrogen) atoms. The first-order valence-corrected chi connectivity index (χ1v) is 9.24. The molecule has 1 rings (SSSR count). The van der Waals surface area contributed by atoms with Crippen LogP contribution in [0.15, 0.2) is 12.1 Å². The number of nitrogens with zero attached hydrogens (tertiary/aromatic N) is 1. The van der Waals surface area contributed by atoms with Gasteiger partial charge in [-0.05, 0) is 12.3 Å². The van der Waals surface area contributed by atoms with E-state index < -0.39 is 29.9 Å². The van der Waals surface area contributed by atoms with E-state index in [0.717, 1.165) is 12.1 Å². The van der Waals surface area contributed by atoms with Crippen LogP contribution in [-0.2, 0) is 23.7 Å². The average Bonchev–Trinajstić information content (AvgIpc) is 2.97. The van der Waals surface area contributed by atoms with Gasteiger partial charge >= 0.3 is 12.1 Å². The van der Waals surface area contributed by atoms with Crippen molar-refractivity contribution >= 4 is 12.1 Å². The maximum atomic E-state index is 12.3. The van der Waals surface area contributed by atoms with E-state index in [1.165, 1.54) is 0 Å². The van der Waals surface area contributed by atoms with Gasteiger partial charge in [0.25, 0.3) is 0 Å². The third-order valence-corrected chi connectivity index (χ3v) is 3.53. The van der Waals surface area contributed by atoms with Gasteiger partial charge in [0.15, 0.2) is 0 Å². The number of methoxy groups -OCH3 is 1. The molecule has 0 radical (unpaired) electrons. The summed E-state index contributed by atoms with van der Waals surface area (Å²) in [5.41, 5.74) is 0. The largest absolute Gasteiger partial charge is 0.492 e. The Bertz CT molecular complexity index is 599. The van der Waals surface area contributed by atoms with Crippen molar-refractivity contribution in [2.75, 3.05) is 46.8 Å². The number of ether oxygens (including phenoxy) is 4. The second kappa shape index (κ2) is 13.6. The van der Waals surface area contributed by atoms with Crippen LogP contribution in [-0.4, -0.2) is 79.8 Å². The minimum atomic E-state index is -1.03. The fourth-order valence-corrected chi connectivity index (χ4v) is 2.18. The molecule has 11 nitrogen and oxygen atoms in total. The molecule has 1 aromatic rings. The zero-order valence-electron chi connectivity index (χ0n) is 17.0. The van der Waals surface area contributed by atoms with E-state index in [4.69, 9.17) is 23.8 Å². The number of alkyl carbamates (subject to hydrolysis) is 1. The van der Waals surface area contributed by atoms with Gasteiger partial charge < -0.3 is 39.3 Å². The number of rotatable bonds is 14. The number of carbonyl (C=O) groups excluding carboxylic acids is 2. The van der Waals surface area contributed by atoms with Crippen LogP contribution >= 0.6 is 0 Å². The molecule has 0 aliphatic heterocycles. The van der Waals surface area contributed by atoms with Gasteiger partial charge in [-0.25, -0.2) is 9.59 Å². The molecule has 1 atom stereocenters. The molecule has 0 saturated carbocycles. The quantitative estimate of drug-likeness (QED) is 0.372. The first-order valence-electron chi connectivity index (χ1n) is 9.24. The van der Waals surface area contributed by atoms with Gasteiger partial charge in [0.2, 0.25) is 11.8 Å². The van der Waals surface area contributed by atoms with Crippen molar-refractivity contribution in [3.8, 4) is 11.8 Å². The zero-order valence-corrected chi connectivity index (χ0v) is 17.0. The van der Waals surface area contributed by atoms with Gasteiger partial charge in [0.1, 0.15) is 12.6 Å². The molecule has 1 aromatic heterocycles. The number of aromatic nitrogens is 1. The standard InChI is InChI=1S/C18H30N2O9/c1-13(2)12-14(17(23)29-20-15(21)4-5-16(20)22)19-18(24)28-11-10-27-9-8-26-7-6-25-3/h4-5,13-14,21-22H,6-12H2,1-3H3,(H,19,24)/t14-/m0/s1. The Balaban J connectivity index is 2.36. The molecule has 1 amide bonds. The lowest BCUT2D eigenvalue weighted by atomic mass is 10.0. The Morgan fingerprint density at radius 1 is 1.00 bits per heavy atom. The lowest BCUT2D eigenvalue weighted by Gasteiger charge is -2.19. The summed E-state index contributed by atoms with van der Waals surface area (Å²) in [6, 6.07) is 1.29. The molecule has 166 valence electrons. The lowest BCUT2D eigenvalue weighted by Crippen LogP contribution is -2.45. The zero-order chi connectivity index (χ0) is 21.6. The van der Waals surface area contributed by atoms with Crippen LogP contribution in [0.4, 0.5) is 4.79 Å². The topological polar surface area (TPSA) is 138 Å². The van der Waals surface area contributed by atoms with Gasteiger partial charge in [-0.15, -0.1) is 4.73 Å². The Morgan fingerprint density at radius 3 is 2.10 bits per heavy atom. The van der Waals surface area contributed by atoms with E-state index in [1.54, 1.807) is 7.11 Å². The number of amides is 1. The average molecular weight is 418 g/mol. The summed E-state index contributed by atoms with van der Waals surface area (Å²) in [7, 11) is 1.59. The second-order valence-electron chi connectivity index (χ2n) is 6.43. The summed E-state index contributed by atoms with van der Waals surface area (Å²) < 4.78 is 20.9.